The maximum Gasteiger partial charge on any atom is 0.317 e. The highest BCUT2D eigenvalue weighted by atomic mass is 35.5. The van der Waals surface area contributed by atoms with Crippen LogP contribution in [0.15, 0.2) is 18.2 Å². The molecule has 0 saturated heterocycles. The molecule has 0 saturated carbocycles. The molecule has 18 heavy (non-hydrogen) atoms. The molecule has 0 unspecified atom stereocenters. The zero-order chi connectivity index (χ0) is 13.7. The molecule has 0 aliphatic heterocycles. The van der Waals surface area contributed by atoms with Gasteiger partial charge in [0.05, 0.1) is 17.7 Å². The summed E-state index contributed by atoms with van der Waals surface area (Å²) in [7, 11) is 1.75. The van der Waals surface area contributed by atoms with Crippen molar-refractivity contribution in [3.63, 3.8) is 0 Å². The summed E-state index contributed by atoms with van der Waals surface area (Å²) < 4.78 is 5.53. The first kappa shape index (κ1) is 14.8. The van der Waals surface area contributed by atoms with Crippen molar-refractivity contribution in [2.75, 3.05) is 13.6 Å². The summed E-state index contributed by atoms with van der Waals surface area (Å²) >= 11 is 6.10. The van der Waals surface area contributed by atoms with Crippen LogP contribution in [0, 0.1) is 0 Å². The van der Waals surface area contributed by atoms with Gasteiger partial charge in [0.1, 0.15) is 5.75 Å². The molecule has 0 radical (unpaired) electrons. The second kappa shape index (κ2) is 6.61. The summed E-state index contributed by atoms with van der Waals surface area (Å²) in [6.45, 7) is 4.41. The van der Waals surface area contributed by atoms with Gasteiger partial charge in [-0.1, -0.05) is 17.7 Å². The molecule has 1 aromatic rings. The Morgan fingerprint density at radius 3 is 2.67 bits per heavy atom. The van der Waals surface area contributed by atoms with E-state index in [-0.39, 0.29) is 12.6 Å². The molecular weight excluding hydrogens is 254 g/mol. The van der Waals surface area contributed by atoms with Crippen molar-refractivity contribution in [1.29, 1.82) is 0 Å². The smallest absolute Gasteiger partial charge is 0.317 e. The van der Waals surface area contributed by atoms with Crippen LogP contribution in [0.4, 0.5) is 0 Å². The minimum Gasteiger partial charge on any atom is -0.489 e. The van der Waals surface area contributed by atoms with E-state index in [1.807, 2.05) is 26.0 Å². The number of halogens is 1. The fraction of sp³-hybridized carbons (Fsp3) is 0.462. The molecule has 1 N–H and O–H groups in total. The van der Waals surface area contributed by atoms with Crippen LogP contribution in [0.25, 0.3) is 0 Å². The fourth-order valence-electron chi connectivity index (χ4n) is 1.59. The van der Waals surface area contributed by atoms with Crippen LogP contribution in [-0.4, -0.2) is 35.7 Å². The second-order valence-electron chi connectivity index (χ2n) is 4.50. The third kappa shape index (κ3) is 4.94. The molecule has 0 aliphatic carbocycles. The summed E-state index contributed by atoms with van der Waals surface area (Å²) in [6.07, 6.45) is 0.0723. The molecule has 0 spiro atoms. The number of likely N-dealkylation sites (N-methyl/N-ethyl adjacent to an activating group) is 1. The monoisotopic (exact) mass is 271 g/mol. The highest BCUT2D eigenvalue weighted by molar-refractivity contribution is 6.32. The summed E-state index contributed by atoms with van der Waals surface area (Å²) in [5.74, 6) is -0.195. The summed E-state index contributed by atoms with van der Waals surface area (Å²) in [6, 6.07) is 5.51. The maximum absolute atomic E-state index is 10.6. The zero-order valence-electron chi connectivity index (χ0n) is 10.8. The summed E-state index contributed by atoms with van der Waals surface area (Å²) in [5.41, 5.74) is 0.958. The topological polar surface area (TPSA) is 49.8 Å². The molecule has 5 heteroatoms. The van der Waals surface area contributed by atoms with Crippen LogP contribution in [0.5, 0.6) is 5.75 Å². The van der Waals surface area contributed by atoms with Crippen LogP contribution in [-0.2, 0) is 11.3 Å². The van der Waals surface area contributed by atoms with Crippen molar-refractivity contribution in [2.45, 2.75) is 26.5 Å². The van der Waals surface area contributed by atoms with Crippen LogP contribution >= 0.6 is 11.6 Å². The van der Waals surface area contributed by atoms with Crippen molar-refractivity contribution in [2.24, 2.45) is 0 Å². The number of carboxylic acids is 1. The van der Waals surface area contributed by atoms with Crippen molar-refractivity contribution in [1.82, 2.24) is 4.90 Å². The molecule has 0 heterocycles. The zero-order valence-corrected chi connectivity index (χ0v) is 11.6. The van der Waals surface area contributed by atoms with Gasteiger partial charge in [0.2, 0.25) is 0 Å². The van der Waals surface area contributed by atoms with Crippen LogP contribution in [0.1, 0.15) is 19.4 Å². The quantitative estimate of drug-likeness (QED) is 0.864. The van der Waals surface area contributed by atoms with E-state index >= 15 is 0 Å². The Morgan fingerprint density at radius 2 is 2.17 bits per heavy atom. The van der Waals surface area contributed by atoms with Gasteiger partial charge in [-0.2, -0.15) is 0 Å². The van der Waals surface area contributed by atoms with Gasteiger partial charge < -0.3 is 9.84 Å². The molecule has 0 aromatic heterocycles. The number of hydrogen-bond donors (Lipinski definition) is 1. The molecule has 1 aromatic carbocycles. The average Bonchev–Trinajstić information content (AvgIpc) is 2.20. The van der Waals surface area contributed by atoms with Crippen molar-refractivity contribution >= 4 is 17.6 Å². The molecule has 0 amide bonds. The van der Waals surface area contributed by atoms with Gasteiger partial charge in [-0.25, -0.2) is 0 Å². The minimum absolute atomic E-state index is 0.00185. The number of rotatable bonds is 6. The molecule has 100 valence electrons. The lowest BCUT2D eigenvalue weighted by molar-refractivity contribution is -0.138. The van der Waals surface area contributed by atoms with Crippen LogP contribution in [0.2, 0.25) is 5.02 Å². The SMILES string of the molecule is CC(C)Oc1ccc(CN(C)CC(=O)O)cc1Cl. The number of benzene rings is 1. The van der Waals surface area contributed by atoms with Gasteiger partial charge in [0.25, 0.3) is 0 Å². The van der Waals surface area contributed by atoms with Crippen molar-refractivity contribution < 1.29 is 14.6 Å². The lowest BCUT2D eigenvalue weighted by atomic mass is 10.2. The van der Waals surface area contributed by atoms with Gasteiger partial charge >= 0.3 is 5.97 Å². The standard InChI is InChI=1S/C13H18ClNO3/c1-9(2)18-12-5-4-10(6-11(12)14)7-15(3)8-13(16)17/h4-6,9H,7-8H2,1-3H3,(H,16,17). The average molecular weight is 272 g/mol. The van der Waals surface area contributed by atoms with Gasteiger partial charge in [0, 0.05) is 6.54 Å². The van der Waals surface area contributed by atoms with E-state index < -0.39 is 5.97 Å². The number of carbonyl (C=O) groups is 1. The predicted molar refractivity (Wildman–Crippen MR) is 71.2 cm³/mol. The third-order valence-electron chi connectivity index (χ3n) is 2.22. The molecular formula is C13H18ClNO3. The van der Waals surface area contributed by atoms with E-state index in [4.69, 9.17) is 21.4 Å². The van der Waals surface area contributed by atoms with Gasteiger partial charge in [-0.3, -0.25) is 9.69 Å². The predicted octanol–water partition coefficient (Wildman–Crippen LogP) is 2.64. The van der Waals surface area contributed by atoms with Gasteiger partial charge in [-0.15, -0.1) is 0 Å². The lowest BCUT2D eigenvalue weighted by Crippen LogP contribution is -2.25. The van der Waals surface area contributed by atoms with Crippen molar-refractivity contribution in [3.8, 4) is 5.75 Å². The van der Waals surface area contributed by atoms with E-state index in [0.717, 1.165) is 5.56 Å². The van der Waals surface area contributed by atoms with Gasteiger partial charge in [-0.05, 0) is 38.6 Å². The van der Waals surface area contributed by atoms with Gasteiger partial charge in [0.15, 0.2) is 0 Å². The van der Waals surface area contributed by atoms with Crippen molar-refractivity contribution in [3.05, 3.63) is 28.8 Å². The lowest BCUT2D eigenvalue weighted by Gasteiger charge is -2.16. The van der Waals surface area contributed by atoms with E-state index in [1.54, 1.807) is 18.0 Å². The highest BCUT2D eigenvalue weighted by Gasteiger charge is 2.08. The first-order chi connectivity index (χ1) is 8.38. The van der Waals surface area contributed by atoms with E-state index in [1.165, 1.54) is 0 Å². The second-order valence-corrected chi connectivity index (χ2v) is 4.90. The Bertz CT molecular complexity index is 421. The molecule has 0 bridgehead atoms. The number of nitrogens with zero attached hydrogens (tertiary/aromatic N) is 1. The van der Waals surface area contributed by atoms with Crippen LogP contribution in [0.3, 0.4) is 0 Å². The normalized spacial score (nSPS) is 11.0. The first-order valence-corrected chi connectivity index (χ1v) is 6.11. The Balaban J connectivity index is 2.69. The number of aliphatic carboxylic acids is 1. The highest BCUT2D eigenvalue weighted by Crippen LogP contribution is 2.26. The molecule has 0 atom stereocenters. The van der Waals surface area contributed by atoms with Crippen LogP contribution < -0.4 is 4.74 Å². The molecule has 0 fully saturated rings. The molecule has 0 aliphatic rings. The van der Waals surface area contributed by atoms with E-state index in [2.05, 4.69) is 0 Å². The Kier molecular flexibility index (Phi) is 5.44. The maximum atomic E-state index is 10.6. The Morgan fingerprint density at radius 1 is 1.50 bits per heavy atom. The fourth-order valence-corrected chi connectivity index (χ4v) is 1.84. The van der Waals surface area contributed by atoms with E-state index in [9.17, 15) is 4.79 Å². The van der Waals surface area contributed by atoms with E-state index in [0.29, 0.717) is 17.3 Å². The molecule has 4 nitrogen and oxygen atoms in total. The number of carboxylic acid groups (broad SMARTS) is 1. The minimum atomic E-state index is -0.844. The summed E-state index contributed by atoms with van der Waals surface area (Å²) in [4.78, 5) is 12.3. The number of ether oxygens (including phenoxy) is 1. The largest absolute Gasteiger partial charge is 0.489 e. The molecule has 1 rings (SSSR count). The summed E-state index contributed by atoms with van der Waals surface area (Å²) in [5, 5.41) is 9.22. The Labute approximate surface area is 112 Å². The Hall–Kier alpha value is -1.26. The number of hydrogen-bond acceptors (Lipinski definition) is 3. The first-order valence-electron chi connectivity index (χ1n) is 5.74. The third-order valence-corrected chi connectivity index (χ3v) is 2.51.